The first-order chi connectivity index (χ1) is 14.8. The van der Waals surface area contributed by atoms with Crippen molar-refractivity contribution in [2.45, 2.75) is 20.8 Å². The molecular weight excluding hydrogens is 412 g/mol. The van der Waals surface area contributed by atoms with Gasteiger partial charge in [-0.15, -0.1) is 0 Å². The quantitative estimate of drug-likeness (QED) is 0.534. The summed E-state index contributed by atoms with van der Waals surface area (Å²) in [5.74, 6) is -2.24. The van der Waals surface area contributed by atoms with E-state index in [1.54, 1.807) is 72.8 Å². The van der Waals surface area contributed by atoms with Gasteiger partial charge in [0.1, 0.15) is 0 Å². The molecule has 0 aliphatic heterocycles. The number of benzene rings is 3. The molecule has 1 radical (unpaired) electrons. The molecule has 0 fully saturated rings. The SMILES string of the molecule is Cc1ccc(C(=O)O[Si](OC(=O)c2ccc(C)cc2)OC(=O)c2ccc(C)cc2)cc1. The van der Waals surface area contributed by atoms with Gasteiger partial charge in [0.15, 0.2) is 0 Å². The van der Waals surface area contributed by atoms with Gasteiger partial charge in [-0.05, 0) is 57.2 Å². The summed E-state index contributed by atoms with van der Waals surface area (Å²) in [7, 11) is -3.06. The van der Waals surface area contributed by atoms with Crippen molar-refractivity contribution in [3.05, 3.63) is 106 Å². The monoisotopic (exact) mass is 433 g/mol. The maximum atomic E-state index is 12.5. The molecule has 0 amide bonds. The number of aryl methyl sites for hydroxylation is 3. The number of carbonyl (C=O) groups is 3. The molecule has 3 aromatic rings. The molecule has 0 bridgehead atoms. The highest BCUT2D eigenvalue weighted by atomic mass is 28.3. The third-order valence-corrected chi connectivity index (χ3v) is 5.45. The molecule has 157 valence electrons. The van der Waals surface area contributed by atoms with Crippen LogP contribution >= 0.6 is 0 Å². The summed E-state index contributed by atoms with van der Waals surface area (Å²) >= 11 is 0. The zero-order chi connectivity index (χ0) is 22.4. The van der Waals surface area contributed by atoms with E-state index < -0.39 is 27.4 Å². The van der Waals surface area contributed by atoms with Gasteiger partial charge < -0.3 is 13.3 Å². The van der Waals surface area contributed by atoms with Crippen molar-refractivity contribution in [3.63, 3.8) is 0 Å². The molecule has 0 saturated heterocycles. The molecular formula is C24H21O6Si. The van der Waals surface area contributed by atoms with Crippen LogP contribution in [0, 0.1) is 20.8 Å². The van der Waals surface area contributed by atoms with Gasteiger partial charge in [-0.3, -0.25) is 0 Å². The van der Waals surface area contributed by atoms with Crippen LogP contribution in [-0.2, 0) is 13.3 Å². The summed E-state index contributed by atoms with van der Waals surface area (Å²) in [6.07, 6.45) is 0. The predicted octanol–water partition coefficient (Wildman–Crippen LogP) is 4.47. The molecule has 3 rings (SSSR count). The minimum atomic E-state index is -3.06. The fraction of sp³-hybridized carbons (Fsp3) is 0.125. The Morgan fingerprint density at radius 2 is 0.710 bits per heavy atom. The van der Waals surface area contributed by atoms with Crippen LogP contribution in [0.25, 0.3) is 0 Å². The van der Waals surface area contributed by atoms with E-state index in [1.165, 1.54) is 0 Å². The van der Waals surface area contributed by atoms with Crippen molar-refractivity contribution >= 4 is 27.4 Å². The van der Waals surface area contributed by atoms with Crippen LogP contribution in [0.3, 0.4) is 0 Å². The van der Waals surface area contributed by atoms with E-state index in [1.807, 2.05) is 20.8 Å². The van der Waals surface area contributed by atoms with Gasteiger partial charge in [0, 0.05) is 0 Å². The van der Waals surface area contributed by atoms with Crippen LogP contribution in [0.2, 0.25) is 0 Å². The Morgan fingerprint density at radius 1 is 0.484 bits per heavy atom. The van der Waals surface area contributed by atoms with Crippen molar-refractivity contribution < 1.29 is 27.7 Å². The Bertz CT molecular complexity index is 931. The van der Waals surface area contributed by atoms with Gasteiger partial charge in [-0.25, -0.2) is 14.4 Å². The first kappa shape index (κ1) is 22.0. The fourth-order valence-electron chi connectivity index (χ4n) is 2.54. The van der Waals surface area contributed by atoms with E-state index in [2.05, 4.69) is 0 Å². The lowest BCUT2D eigenvalue weighted by Gasteiger charge is -2.14. The molecule has 3 aromatic carbocycles. The average molecular weight is 434 g/mol. The lowest BCUT2D eigenvalue weighted by atomic mass is 10.2. The molecule has 0 saturated carbocycles. The molecule has 0 heterocycles. The van der Waals surface area contributed by atoms with E-state index in [0.717, 1.165) is 16.7 Å². The second-order valence-corrected chi connectivity index (χ2v) is 8.13. The Kier molecular flexibility index (Phi) is 6.99. The summed E-state index contributed by atoms with van der Waals surface area (Å²) in [4.78, 5) is 37.5. The fourth-order valence-corrected chi connectivity index (χ4v) is 3.47. The smallest absolute Gasteiger partial charge is 0.447 e. The van der Waals surface area contributed by atoms with Crippen LogP contribution in [0.4, 0.5) is 0 Å². The lowest BCUT2D eigenvalue weighted by molar-refractivity contribution is 0.0410. The van der Waals surface area contributed by atoms with Crippen LogP contribution in [0.1, 0.15) is 47.8 Å². The molecule has 6 nitrogen and oxygen atoms in total. The molecule has 0 aliphatic rings. The number of rotatable bonds is 6. The van der Waals surface area contributed by atoms with Crippen LogP contribution < -0.4 is 0 Å². The van der Waals surface area contributed by atoms with Gasteiger partial charge in [0.25, 0.3) is 0 Å². The molecule has 0 spiro atoms. The maximum absolute atomic E-state index is 12.5. The standard InChI is InChI=1S/C24H21O6Si/c1-16-4-10-19(11-5-16)22(25)28-31(29-23(26)20-12-6-17(2)7-13-20)30-24(27)21-14-8-18(3)9-15-21/h4-15H,1-3H3. The van der Waals surface area contributed by atoms with Crippen molar-refractivity contribution in [2.75, 3.05) is 0 Å². The molecule has 0 unspecified atom stereocenters. The zero-order valence-electron chi connectivity index (χ0n) is 17.4. The van der Waals surface area contributed by atoms with Crippen molar-refractivity contribution in [2.24, 2.45) is 0 Å². The Morgan fingerprint density at radius 3 is 0.935 bits per heavy atom. The van der Waals surface area contributed by atoms with Crippen LogP contribution in [-0.4, -0.2) is 27.4 Å². The predicted molar refractivity (Wildman–Crippen MR) is 116 cm³/mol. The van der Waals surface area contributed by atoms with E-state index >= 15 is 0 Å². The Balaban J connectivity index is 1.78. The normalized spacial score (nSPS) is 10.5. The third-order valence-electron chi connectivity index (χ3n) is 4.39. The van der Waals surface area contributed by atoms with Gasteiger partial charge in [-0.1, -0.05) is 53.1 Å². The Labute approximate surface area is 182 Å². The maximum Gasteiger partial charge on any atom is 0.824 e. The highest BCUT2D eigenvalue weighted by Gasteiger charge is 2.36. The van der Waals surface area contributed by atoms with E-state index in [4.69, 9.17) is 13.3 Å². The van der Waals surface area contributed by atoms with E-state index in [-0.39, 0.29) is 16.7 Å². The summed E-state index contributed by atoms with van der Waals surface area (Å²) in [5, 5.41) is 0. The average Bonchev–Trinajstić information content (AvgIpc) is 2.75. The summed E-state index contributed by atoms with van der Waals surface area (Å²) in [6, 6.07) is 20.0. The third kappa shape index (κ3) is 6.13. The van der Waals surface area contributed by atoms with Gasteiger partial charge in [0.2, 0.25) is 0 Å². The van der Waals surface area contributed by atoms with Crippen molar-refractivity contribution in [3.8, 4) is 0 Å². The van der Waals surface area contributed by atoms with Gasteiger partial charge in [0.05, 0.1) is 16.7 Å². The topological polar surface area (TPSA) is 78.9 Å². The molecule has 0 aliphatic carbocycles. The van der Waals surface area contributed by atoms with Crippen molar-refractivity contribution in [1.82, 2.24) is 0 Å². The summed E-state index contributed by atoms with van der Waals surface area (Å²) in [6.45, 7) is 5.66. The Hall–Kier alpha value is -3.71. The minimum absolute atomic E-state index is 0.255. The largest absolute Gasteiger partial charge is 0.824 e. The van der Waals surface area contributed by atoms with E-state index in [0.29, 0.717) is 0 Å². The van der Waals surface area contributed by atoms with Crippen molar-refractivity contribution in [1.29, 1.82) is 0 Å². The molecule has 31 heavy (non-hydrogen) atoms. The highest BCUT2D eigenvalue weighted by molar-refractivity contribution is 6.45. The number of hydrogen-bond acceptors (Lipinski definition) is 6. The van der Waals surface area contributed by atoms with Gasteiger partial charge >= 0.3 is 27.4 Å². The second kappa shape index (κ2) is 9.86. The molecule has 0 atom stereocenters. The highest BCUT2D eigenvalue weighted by Crippen LogP contribution is 2.12. The lowest BCUT2D eigenvalue weighted by Crippen LogP contribution is -2.35. The minimum Gasteiger partial charge on any atom is -0.447 e. The zero-order valence-corrected chi connectivity index (χ0v) is 18.4. The second-order valence-electron chi connectivity index (χ2n) is 7.02. The number of carbonyl (C=O) groups excluding carboxylic acids is 3. The van der Waals surface area contributed by atoms with Crippen LogP contribution in [0.5, 0.6) is 0 Å². The summed E-state index contributed by atoms with van der Waals surface area (Å²) in [5.41, 5.74) is 3.68. The van der Waals surface area contributed by atoms with Crippen LogP contribution in [0.15, 0.2) is 72.8 Å². The summed E-state index contributed by atoms with van der Waals surface area (Å²) < 4.78 is 15.9. The first-order valence-electron chi connectivity index (χ1n) is 9.55. The molecule has 0 aromatic heterocycles. The van der Waals surface area contributed by atoms with Gasteiger partial charge in [-0.2, -0.15) is 0 Å². The first-order valence-corrected chi connectivity index (χ1v) is 10.8. The molecule has 0 N–H and O–H groups in total. The number of hydrogen-bond donors (Lipinski definition) is 0. The van der Waals surface area contributed by atoms with E-state index in [9.17, 15) is 14.4 Å². The molecule has 7 heteroatoms.